The minimum absolute atomic E-state index is 0.0139. The van der Waals surface area contributed by atoms with E-state index >= 15 is 0 Å². The summed E-state index contributed by atoms with van der Waals surface area (Å²) in [6.07, 6.45) is 1.01. The normalized spacial score (nSPS) is 24.3. The quantitative estimate of drug-likeness (QED) is 0.785. The van der Waals surface area contributed by atoms with Crippen molar-refractivity contribution >= 4 is 23.2 Å². The highest BCUT2D eigenvalue weighted by atomic mass is 35.5. The summed E-state index contributed by atoms with van der Waals surface area (Å²) in [6, 6.07) is 3.69. The van der Waals surface area contributed by atoms with Crippen LogP contribution in [0.25, 0.3) is 0 Å². The van der Waals surface area contributed by atoms with E-state index in [1.165, 1.54) is 0 Å². The lowest BCUT2D eigenvalue weighted by Crippen LogP contribution is -2.20. The van der Waals surface area contributed by atoms with Gasteiger partial charge in [0.25, 0.3) is 0 Å². The zero-order valence-electron chi connectivity index (χ0n) is 11.3. The molecule has 0 bridgehead atoms. The standard InChI is InChI=1S/C14H18Cl2O3/c1-8-6-7-19-13(8)11(15)9-4-5-10(17-2)12(16)14(9)18-3/h4-5,8,11,13H,6-7H2,1-3H3. The third kappa shape index (κ3) is 2.78. The fourth-order valence-electron chi connectivity index (χ4n) is 2.40. The first-order valence-electron chi connectivity index (χ1n) is 6.26. The van der Waals surface area contributed by atoms with Gasteiger partial charge in [0.2, 0.25) is 0 Å². The highest BCUT2D eigenvalue weighted by Crippen LogP contribution is 2.45. The molecule has 0 amide bonds. The van der Waals surface area contributed by atoms with Crippen LogP contribution in [0.5, 0.6) is 11.5 Å². The van der Waals surface area contributed by atoms with Gasteiger partial charge in [0, 0.05) is 12.2 Å². The fourth-order valence-corrected chi connectivity index (χ4v) is 3.22. The van der Waals surface area contributed by atoms with E-state index in [1.54, 1.807) is 20.3 Å². The summed E-state index contributed by atoms with van der Waals surface area (Å²) in [5, 5.41) is 0.162. The van der Waals surface area contributed by atoms with Gasteiger partial charge >= 0.3 is 0 Å². The maximum absolute atomic E-state index is 6.55. The fraction of sp³-hybridized carbons (Fsp3) is 0.571. The first kappa shape index (κ1) is 14.8. The molecule has 3 unspecified atom stereocenters. The summed E-state index contributed by atoms with van der Waals surface area (Å²) < 4.78 is 16.3. The Morgan fingerprint density at radius 2 is 2.05 bits per heavy atom. The van der Waals surface area contributed by atoms with E-state index in [1.807, 2.05) is 6.07 Å². The smallest absolute Gasteiger partial charge is 0.146 e. The molecule has 1 aromatic carbocycles. The van der Waals surface area contributed by atoms with Crippen molar-refractivity contribution in [3.8, 4) is 11.5 Å². The lowest BCUT2D eigenvalue weighted by Gasteiger charge is -2.23. The highest BCUT2D eigenvalue weighted by molar-refractivity contribution is 6.34. The second-order valence-electron chi connectivity index (χ2n) is 4.71. The van der Waals surface area contributed by atoms with Crippen molar-refractivity contribution < 1.29 is 14.2 Å². The van der Waals surface area contributed by atoms with E-state index in [4.69, 9.17) is 37.4 Å². The molecule has 0 aromatic heterocycles. The molecule has 1 heterocycles. The summed E-state index contributed by atoms with van der Waals surface area (Å²) in [5.74, 6) is 1.56. The van der Waals surface area contributed by atoms with Gasteiger partial charge in [-0.3, -0.25) is 0 Å². The third-order valence-electron chi connectivity index (χ3n) is 3.55. The van der Waals surface area contributed by atoms with Crippen LogP contribution in [0.4, 0.5) is 0 Å². The minimum atomic E-state index is -0.282. The summed E-state index contributed by atoms with van der Waals surface area (Å²) in [4.78, 5) is 0. The molecular weight excluding hydrogens is 287 g/mol. The molecule has 3 nitrogen and oxygen atoms in total. The van der Waals surface area contributed by atoms with Gasteiger partial charge in [0.05, 0.1) is 25.7 Å². The monoisotopic (exact) mass is 304 g/mol. The Balaban J connectivity index is 2.36. The van der Waals surface area contributed by atoms with Crippen molar-refractivity contribution in [2.45, 2.75) is 24.8 Å². The number of alkyl halides is 1. The third-order valence-corrected chi connectivity index (χ3v) is 4.39. The Hall–Kier alpha value is -0.640. The number of ether oxygens (including phenoxy) is 3. The molecule has 0 spiro atoms. The Bertz CT molecular complexity index is 451. The van der Waals surface area contributed by atoms with Gasteiger partial charge in [0.1, 0.15) is 16.5 Å². The minimum Gasteiger partial charge on any atom is -0.495 e. The molecule has 1 aromatic rings. The van der Waals surface area contributed by atoms with Crippen LogP contribution in [0.1, 0.15) is 24.3 Å². The number of rotatable bonds is 4. The highest BCUT2D eigenvalue weighted by Gasteiger charge is 2.34. The van der Waals surface area contributed by atoms with Crippen LogP contribution >= 0.6 is 23.2 Å². The van der Waals surface area contributed by atoms with E-state index in [0.29, 0.717) is 22.4 Å². The molecule has 0 saturated carbocycles. The topological polar surface area (TPSA) is 27.7 Å². The van der Waals surface area contributed by atoms with Crippen LogP contribution in [0, 0.1) is 5.92 Å². The number of halogens is 2. The van der Waals surface area contributed by atoms with Crippen molar-refractivity contribution in [3.05, 3.63) is 22.7 Å². The van der Waals surface area contributed by atoms with E-state index < -0.39 is 0 Å². The lowest BCUT2D eigenvalue weighted by atomic mass is 9.96. The molecule has 1 aliphatic rings. The van der Waals surface area contributed by atoms with Crippen LogP contribution < -0.4 is 9.47 Å². The summed E-state index contributed by atoms with van der Waals surface area (Å²) in [5.41, 5.74) is 0.841. The average molecular weight is 305 g/mol. The molecule has 0 aliphatic carbocycles. The summed E-state index contributed by atoms with van der Waals surface area (Å²) in [6.45, 7) is 2.89. The number of benzene rings is 1. The number of hydrogen-bond donors (Lipinski definition) is 0. The first-order chi connectivity index (χ1) is 9.10. The SMILES string of the molecule is COc1ccc(C(Cl)C2OCCC2C)c(OC)c1Cl. The average Bonchev–Trinajstić information content (AvgIpc) is 2.83. The Labute approximate surface area is 123 Å². The predicted molar refractivity (Wildman–Crippen MR) is 76.7 cm³/mol. The Morgan fingerprint density at radius 1 is 1.32 bits per heavy atom. The molecule has 0 N–H and O–H groups in total. The molecule has 1 saturated heterocycles. The van der Waals surface area contributed by atoms with Crippen LogP contribution in [-0.4, -0.2) is 26.9 Å². The maximum Gasteiger partial charge on any atom is 0.146 e. The van der Waals surface area contributed by atoms with Gasteiger partial charge in [0.15, 0.2) is 0 Å². The summed E-state index contributed by atoms with van der Waals surface area (Å²) in [7, 11) is 3.15. The molecule has 2 rings (SSSR count). The van der Waals surface area contributed by atoms with Crippen LogP contribution in [0.2, 0.25) is 5.02 Å². The van der Waals surface area contributed by atoms with Crippen molar-refractivity contribution in [1.82, 2.24) is 0 Å². The van der Waals surface area contributed by atoms with Gasteiger partial charge in [-0.1, -0.05) is 18.5 Å². The van der Waals surface area contributed by atoms with E-state index in [2.05, 4.69) is 6.92 Å². The van der Waals surface area contributed by atoms with E-state index in [0.717, 1.165) is 18.6 Å². The van der Waals surface area contributed by atoms with E-state index in [9.17, 15) is 0 Å². The largest absolute Gasteiger partial charge is 0.495 e. The zero-order valence-corrected chi connectivity index (χ0v) is 12.8. The molecule has 0 radical (unpaired) electrons. The van der Waals surface area contributed by atoms with Gasteiger partial charge in [-0.25, -0.2) is 0 Å². The molecule has 1 fully saturated rings. The number of methoxy groups -OCH3 is 2. The van der Waals surface area contributed by atoms with Crippen LogP contribution in [-0.2, 0) is 4.74 Å². The molecule has 5 heteroatoms. The second kappa shape index (κ2) is 6.21. The Kier molecular flexibility index (Phi) is 4.82. The van der Waals surface area contributed by atoms with Gasteiger partial charge in [-0.15, -0.1) is 11.6 Å². The van der Waals surface area contributed by atoms with E-state index in [-0.39, 0.29) is 11.5 Å². The van der Waals surface area contributed by atoms with Crippen LogP contribution in [0.3, 0.4) is 0 Å². The predicted octanol–water partition coefficient (Wildman–Crippen LogP) is 4.06. The first-order valence-corrected chi connectivity index (χ1v) is 7.07. The molecule has 1 aliphatic heterocycles. The maximum atomic E-state index is 6.55. The van der Waals surface area contributed by atoms with Gasteiger partial charge in [-0.2, -0.15) is 0 Å². The second-order valence-corrected chi connectivity index (χ2v) is 5.56. The van der Waals surface area contributed by atoms with Crippen molar-refractivity contribution in [3.63, 3.8) is 0 Å². The molecular formula is C14H18Cl2O3. The molecule has 106 valence electrons. The van der Waals surface area contributed by atoms with Crippen molar-refractivity contribution in [2.75, 3.05) is 20.8 Å². The Morgan fingerprint density at radius 3 is 2.58 bits per heavy atom. The van der Waals surface area contributed by atoms with Gasteiger partial charge in [-0.05, 0) is 24.5 Å². The number of hydrogen-bond acceptors (Lipinski definition) is 3. The molecule has 3 atom stereocenters. The van der Waals surface area contributed by atoms with Crippen molar-refractivity contribution in [2.24, 2.45) is 5.92 Å². The molecule has 19 heavy (non-hydrogen) atoms. The van der Waals surface area contributed by atoms with Crippen LogP contribution in [0.15, 0.2) is 12.1 Å². The lowest BCUT2D eigenvalue weighted by molar-refractivity contribution is 0.0897. The van der Waals surface area contributed by atoms with Gasteiger partial charge < -0.3 is 14.2 Å². The zero-order chi connectivity index (χ0) is 14.0. The van der Waals surface area contributed by atoms with Crippen molar-refractivity contribution in [1.29, 1.82) is 0 Å². The summed E-state index contributed by atoms with van der Waals surface area (Å²) >= 11 is 12.8.